The summed E-state index contributed by atoms with van der Waals surface area (Å²) in [6, 6.07) is 16.4. The predicted molar refractivity (Wildman–Crippen MR) is 89.7 cm³/mol. The van der Waals surface area contributed by atoms with Crippen molar-refractivity contribution < 1.29 is 0 Å². The second-order valence-electron chi connectivity index (χ2n) is 4.63. The van der Waals surface area contributed by atoms with E-state index in [-0.39, 0.29) is 0 Å². The third-order valence-corrected chi connectivity index (χ3v) is 4.75. The number of nitrogens with zero attached hydrogens (tertiary/aromatic N) is 2. The van der Waals surface area contributed by atoms with Crippen molar-refractivity contribution in [3.05, 3.63) is 59.3 Å². The summed E-state index contributed by atoms with van der Waals surface area (Å²) in [4.78, 5) is 13.4. The van der Waals surface area contributed by atoms with Crippen molar-refractivity contribution in [2.45, 2.75) is 9.92 Å². The smallest absolute Gasteiger partial charge is 0.128 e. The highest BCUT2D eigenvalue weighted by molar-refractivity contribution is 9.10. The summed E-state index contributed by atoms with van der Waals surface area (Å²) in [5.41, 5.74) is 3.05. The lowest BCUT2D eigenvalue weighted by Gasteiger charge is -2.02. The predicted octanol–water partition coefficient (Wildman–Crippen LogP) is 5.02. The molecular weight excluding hydrogens is 346 g/mol. The highest BCUT2D eigenvalue weighted by Crippen LogP contribution is 2.34. The van der Waals surface area contributed by atoms with Gasteiger partial charge in [0.2, 0.25) is 0 Å². The minimum atomic E-state index is 0.939. The number of hydrogen-bond acceptors (Lipinski definition) is 3. The van der Waals surface area contributed by atoms with Crippen molar-refractivity contribution in [3.63, 3.8) is 0 Å². The van der Waals surface area contributed by atoms with Gasteiger partial charge >= 0.3 is 0 Å². The maximum atomic E-state index is 4.43. The summed E-state index contributed by atoms with van der Waals surface area (Å²) in [7, 11) is 0. The molecule has 21 heavy (non-hydrogen) atoms. The fourth-order valence-corrected chi connectivity index (χ4v) is 3.80. The number of nitrogens with one attached hydrogen (secondary N) is 1. The van der Waals surface area contributed by atoms with E-state index in [1.165, 1.54) is 0 Å². The molecule has 3 nitrogen and oxygen atoms in total. The molecule has 0 aliphatic rings. The second kappa shape index (κ2) is 5.16. The van der Waals surface area contributed by atoms with Crippen LogP contribution < -0.4 is 0 Å². The van der Waals surface area contributed by atoms with Crippen LogP contribution in [0.4, 0.5) is 0 Å². The number of aromatic nitrogens is 3. The monoisotopic (exact) mass is 355 g/mol. The molecule has 0 bridgehead atoms. The fraction of sp³-hybridized carbons (Fsp3) is 0. The van der Waals surface area contributed by atoms with Crippen molar-refractivity contribution in [2.24, 2.45) is 0 Å². The normalized spacial score (nSPS) is 11.3. The lowest BCUT2D eigenvalue weighted by atomic mass is 10.2. The molecule has 2 heterocycles. The zero-order valence-electron chi connectivity index (χ0n) is 10.9. The molecule has 1 N–H and O–H groups in total. The molecule has 2 aromatic carbocycles. The molecule has 4 aromatic rings. The summed E-state index contributed by atoms with van der Waals surface area (Å²) >= 11 is 5.13. The zero-order chi connectivity index (χ0) is 14.2. The van der Waals surface area contributed by atoms with E-state index in [4.69, 9.17) is 0 Å². The van der Waals surface area contributed by atoms with Crippen LogP contribution in [-0.2, 0) is 0 Å². The van der Waals surface area contributed by atoms with Gasteiger partial charge in [-0.25, -0.2) is 9.97 Å². The molecule has 2 aromatic heterocycles. The average molecular weight is 356 g/mol. The van der Waals surface area contributed by atoms with Crippen LogP contribution in [0.15, 0.2) is 69.3 Å². The van der Waals surface area contributed by atoms with E-state index in [1.54, 1.807) is 18.1 Å². The van der Waals surface area contributed by atoms with Crippen molar-refractivity contribution in [3.8, 4) is 0 Å². The summed E-state index contributed by atoms with van der Waals surface area (Å²) in [5.74, 6) is 0. The number of fused-ring (bicyclic) bond motifs is 3. The van der Waals surface area contributed by atoms with E-state index in [0.717, 1.165) is 36.3 Å². The number of benzene rings is 2. The van der Waals surface area contributed by atoms with Gasteiger partial charge in [0.1, 0.15) is 16.9 Å². The maximum absolute atomic E-state index is 4.43. The number of rotatable bonds is 2. The Hall–Kier alpha value is -1.85. The van der Waals surface area contributed by atoms with Crippen LogP contribution in [0.5, 0.6) is 0 Å². The first-order chi connectivity index (χ1) is 10.3. The molecule has 5 heteroatoms. The van der Waals surface area contributed by atoms with Crippen molar-refractivity contribution in [1.29, 1.82) is 0 Å². The summed E-state index contributed by atoms with van der Waals surface area (Å²) in [6.07, 6.45) is 1.63. The number of H-pyrrole nitrogens is 1. The first kappa shape index (κ1) is 12.9. The second-order valence-corrected chi connectivity index (χ2v) is 6.61. The van der Waals surface area contributed by atoms with Gasteiger partial charge in [-0.1, -0.05) is 52.0 Å². The van der Waals surface area contributed by atoms with E-state index in [2.05, 4.69) is 55.1 Å². The van der Waals surface area contributed by atoms with Gasteiger partial charge in [-0.2, -0.15) is 0 Å². The minimum absolute atomic E-state index is 0.939. The number of para-hydroxylation sites is 1. The average Bonchev–Trinajstić information content (AvgIpc) is 2.87. The Labute approximate surface area is 133 Å². The number of aromatic amines is 1. The zero-order valence-corrected chi connectivity index (χ0v) is 13.3. The van der Waals surface area contributed by atoms with E-state index in [0.29, 0.717) is 0 Å². The van der Waals surface area contributed by atoms with Crippen LogP contribution in [0, 0.1) is 0 Å². The molecule has 0 saturated carbocycles. The molecule has 102 valence electrons. The third-order valence-electron chi connectivity index (χ3n) is 3.26. The molecule has 4 rings (SSSR count). The molecule has 0 unspecified atom stereocenters. The Bertz CT molecular complexity index is 948. The summed E-state index contributed by atoms with van der Waals surface area (Å²) in [5, 5.41) is 2.07. The highest BCUT2D eigenvalue weighted by atomic mass is 79.9. The molecule has 0 aliphatic heterocycles. The fourth-order valence-electron chi connectivity index (χ4n) is 2.34. The quantitative estimate of drug-likeness (QED) is 0.513. The maximum Gasteiger partial charge on any atom is 0.128 e. The highest BCUT2D eigenvalue weighted by Gasteiger charge is 2.11. The Morgan fingerprint density at radius 3 is 2.81 bits per heavy atom. The first-order valence-electron chi connectivity index (χ1n) is 6.46. The van der Waals surface area contributed by atoms with Gasteiger partial charge in [-0.15, -0.1) is 0 Å². The Morgan fingerprint density at radius 1 is 1.00 bits per heavy atom. The standard InChI is InChI=1S/C16H10BrN3S/c17-10-4-3-5-11(8-10)21-16-15-14(18-9-19-16)12-6-1-2-7-13(12)20-15/h1-9,20H. The Balaban J connectivity index is 1.89. The minimum Gasteiger partial charge on any atom is -0.351 e. The molecule has 0 amide bonds. The van der Waals surface area contributed by atoms with Gasteiger partial charge < -0.3 is 4.98 Å². The van der Waals surface area contributed by atoms with E-state index in [9.17, 15) is 0 Å². The van der Waals surface area contributed by atoms with Crippen molar-refractivity contribution in [2.75, 3.05) is 0 Å². The molecular formula is C16H10BrN3S. The summed E-state index contributed by atoms with van der Waals surface area (Å²) in [6.45, 7) is 0. The van der Waals surface area contributed by atoms with Crippen LogP contribution >= 0.6 is 27.7 Å². The topological polar surface area (TPSA) is 41.6 Å². The van der Waals surface area contributed by atoms with Crippen molar-refractivity contribution in [1.82, 2.24) is 15.0 Å². The van der Waals surface area contributed by atoms with E-state index in [1.807, 2.05) is 24.3 Å². The number of hydrogen-bond donors (Lipinski definition) is 1. The number of halogens is 1. The first-order valence-corrected chi connectivity index (χ1v) is 8.07. The van der Waals surface area contributed by atoms with Gasteiger partial charge in [0.15, 0.2) is 0 Å². The van der Waals surface area contributed by atoms with Crippen LogP contribution in [0.3, 0.4) is 0 Å². The van der Waals surface area contributed by atoms with E-state index < -0.39 is 0 Å². The van der Waals surface area contributed by atoms with Gasteiger partial charge in [0.05, 0.1) is 5.52 Å². The summed E-state index contributed by atoms with van der Waals surface area (Å²) < 4.78 is 1.06. The van der Waals surface area contributed by atoms with Crippen molar-refractivity contribution >= 4 is 49.6 Å². The lowest BCUT2D eigenvalue weighted by molar-refractivity contribution is 1.09. The van der Waals surface area contributed by atoms with Crippen LogP contribution in [0.1, 0.15) is 0 Å². The Kier molecular flexibility index (Phi) is 3.16. The molecule has 0 aliphatic carbocycles. The molecule has 0 radical (unpaired) electrons. The third kappa shape index (κ3) is 2.32. The SMILES string of the molecule is Brc1cccc(Sc2ncnc3c2[nH]c2ccccc23)c1. The van der Waals surface area contributed by atoms with Gasteiger partial charge in [-0.05, 0) is 24.3 Å². The van der Waals surface area contributed by atoms with Gasteiger partial charge in [-0.3, -0.25) is 0 Å². The Morgan fingerprint density at radius 2 is 1.90 bits per heavy atom. The molecule has 0 atom stereocenters. The van der Waals surface area contributed by atoms with Crippen LogP contribution in [0.25, 0.3) is 21.9 Å². The van der Waals surface area contributed by atoms with Gasteiger partial charge in [0, 0.05) is 20.3 Å². The molecule has 0 spiro atoms. The molecule has 0 fully saturated rings. The van der Waals surface area contributed by atoms with Crippen LogP contribution in [-0.4, -0.2) is 15.0 Å². The largest absolute Gasteiger partial charge is 0.351 e. The molecule has 0 saturated heterocycles. The van der Waals surface area contributed by atoms with Crippen LogP contribution in [0.2, 0.25) is 0 Å². The van der Waals surface area contributed by atoms with E-state index >= 15 is 0 Å². The van der Waals surface area contributed by atoms with Gasteiger partial charge in [0.25, 0.3) is 0 Å². The lowest BCUT2D eigenvalue weighted by Crippen LogP contribution is -1.85.